The maximum atomic E-state index is 13.9. The van der Waals surface area contributed by atoms with Gasteiger partial charge in [-0.15, -0.1) is 0 Å². The Morgan fingerprint density at radius 2 is 1.75 bits per heavy atom. The van der Waals surface area contributed by atoms with Gasteiger partial charge in [0.2, 0.25) is 0 Å². The lowest BCUT2D eigenvalue weighted by Gasteiger charge is -2.25. The summed E-state index contributed by atoms with van der Waals surface area (Å²) in [5.74, 6) is -0.459. The highest BCUT2D eigenvalue weighted by molar-refractivity contribution is 7.07. The van der Waals surface area contributed by atoms with Gasteiger partial charge in [-0.05, 0) is 61.1 Å². The Labute approximate surface area is 237 Å². The van der Waals surface area contributed by atoms with E-state index in [-0.39, 0.29) is 28.9 Å². The molecule has 1 aliphatic rings. The Balaban J connectivity index is 1.91. The van der Waals surface area contributed by atoms with Gasteiger partial charge in [0, 0.05) is 6.92 Å². The van der Waals surface area contributed by atoms with E-state index in [0.717, 1.165) is 5.56 Å². The second kappa shape index (κ2) is 11.6. The Morgan fingerprint density at radius 3 is 2.35 bits per heavy atom. The molecule has 0 amide bonds. The quantitative estimate of drug-likeness (QED) is 0.313. The number of rotatable bonds is 7. The molecule has 210 valence electrons. The first kappa shape index (κ1) is 29.0. The second-order valence-electron chi connectivity index (χ2n) is 10.4. The molecular formula is C31H34N2O6S. The zero-order valence-electron chi connectivity index (χ0n) is 23.9. The normalized spacial score (nSPS) is 15.4. The molecule has 8 nitrogen and oxygen atoms in total. The van der Waals surface area contributed by atoms with Gasteiger partial charge in [0.15, 0.2) is 16.3 Å². The van der Waals surface area contributed by atoms with E-state index in [9.17, 15) is 14.4 Å². The van der Waals surface area contributed by atoms with Gasteiger partial charge < -0.3 is 14.2 Å². The van der Waals surface area contributed by atoms with Crippen molar-refractivity contribution in [1.29, 1.82) is 0 Å². The average Bonchev–Trinajstić information content (AvgIpc) is 3.18. The van der Waals surface area contributed by atoms with Crippen molar-refractivity contribution >= 4 is 29.4 Å². The number of nitrogens with zero attached hydrogens (tertiary/aromatic N) is 2. The summed E-state index contributed by atoms with van der Waals surface area (Å²) in [7, 11) is 0. The van der Waals surface area contributed by atoms with Crippen LogP contribution in [0.25, 0.3) is 6.08 Å². The standard InChI is InChI=1S/C31H34N2O6S/c1-8-37-24-17-21(12-15-23(24)39-19(4)34)27-26(29(36)38-9-2)18(3)32-30-33(27)28(35)25(40-30)16-20-10-13-22(14-11-20)31(5,6)7/h10-17,27H,8-9H2,1-7H3. The minimum atomic E-state index is -0.814. The highest BCUT2D eigenvalue weighted by Gasteiger charge is 2.34. The van der Waals surface area contributed by atoms with Gasteiger partial charge in [-0.25, -0.2) is 9.79 Å². The predicted molar refractivity (Wildman–Crippen MR) is 154 cm³/mol. The number of carbonyl (C=O) groups excluding carboxylic acids is 2. The van der Waals surface area contributed by atoms with Crippen molar-refractivity contribution in [3.05, 3.63) is 90.1 Å². The summed E-state index contributed by atoms with van der Waals surface area (Å²) in [5.41, 5.74) is 3.16. The van der Waals surface area contributed by atoms with Crippen LogP contribution in [0.5, 0.6) is 11.5 Å². The molecule has 1 atom stereocenters. The summed E-state index contributed by atoms with van der Waals surface area (Å²) in [6.07, 6.45) is 1.84. The number of allylic oxidation sites excluding steroid dienone is 1. The van der Waals surface area contributed by atoms with E-state index in [1.807, 2.05) is 25.1 Å². The van der Waals surface area contributed by atoms with Gasteiger partial charge in [-0.2, -0.15) is 0 Å². The summed E-state index contributed by atoms with van der Waals surface area (Å²) in [4.78, 5) is 43.8. The van der Waals surface area contributed by atoms with Crippen LogP contribution in [0.3, 0.4) is 0 Å². The minimum Gasteiger partial charge on any atom is -0.490 e. The van der Waals surface area contributed by atoms with Crippen LogP contribution in [0.15, 0.2) is 63.5 Å². The summed E-state index contributed by atoms with van der Waals surface area (Å²) in [6, 6.07) is 12.3. The second-order valence-corrected chi connectivity index (χ2v) is 11.4. The van der Waals surface area contributed by atoms with Crippen LogP contribution in [0.1, 0.15) is 71.2 Å². The summed E-state index contributed by atoms with van der Waals surface area (Å²) < 4.78 is 18.5. The van der Waals surface area contributed by atoms with Gasteiger partial charge >= 0.3 is 11.9 Å². The van der Waals surface area contributed by atoms with Crippen molar-refractivity contribution in [3.8, 4) is 11.5 Å². The van der Waals surface area contributed by atoms with Crippen LogP contribution in [0.2, 0.25) is 0 Å². The van der Waals surface area contributed by atoms with E-state index in [1.54, 1.807) is 32.0 Å². The van der Waals surface area contributed by atoms with Crippen LogP contribution < -0.4 is 24.4 Å². The van der Waals surface area contributed by atoms with Crippen molar-refractivity contribution in [2.45, 2.75) is 59.9 Å². The van der Waals surface area contributed by atoms with Crippen LogP contribution in [-0.2, 0) is 19.7 Å². The summed E-state index contributed by atoms with van der Waals surface area (Å²) >= 11 is 1.26. The highest BCUT2D eigenvalue weighted by Crippen LogP contribution is 2.36. The lowest BCUT2D eigenvalue weighted by Crippen LogP contribution is -2.40. The van der Waals surface area contributed by atoms with E-state index < -0.39 is 18.0 Å². The number of aromatic nitrogens is 1. The molecule has 9 heteroatoms. The molecule has 1 unspecified atom stereocenters. The van der Waals surface area contributed by atoms with Crippen molar-refractivity contribution in [2.75, 3.05) is 13.2 Å². The number of thiazole rings is 1. The van der Waals surface area contributed by atoms with Gasteiger partial charge in [0.05, 0.1) is 35.1 Å². The van der Waals surface area contributed by atoms with Crippen molar-refractivity contribution in [1.82, 2.24) is 4.57 Å². The molecule has 0 saturated heterocycles. The van der Waals surface area contributed by atoms with Crippen molar-refractivity contribution in [3.63, 3.8) is 0 Å². The highest BCUT2D eigenvalue weighted by atomic mass is 32.1. The fourth-order valence-corrected chi connectivity index (χ4v) is 5.59. The van der Waals surface area contributed by atoms with Gasteiger partial charge in [0.25, 0.3) is 5.56 Å². The minimum absolute atomic E-state index is 0.0181. The molecule has 2 aromatic carbocycles. The molecule has 40 heavy (non-hydrogen) atoms. The van der Waals surface area contributed by atoms with Crippen LogP contribution in [0.4, 0.5) is 0 Å². The van der Waals surface area contributed by atoms with E-state index in [1.165, 1.54) is 28.4 Å². The van der Waals surface area contributed by atoms with E-state index in [4.69, 9.17) is 14.2 Å². The third-order valence-corrected chi connectivity index (χ3v) is 7.41. The SMILES string of the molecule is CCOC(=O)C1=C(C)N=c2sc(=Cc3ccc(C(C)(C)C)cc3)c(=O)n2C1c1ccc(OC(C)=O)c(OCC)c1. The Kier molecular flexibility index (Phi) is 8.44. The molecule has 0 saturated carbocycles. The zero-order chi connectivity index (χ0) is 29.2. The van der Waals surface area contributed by atoms with Crippen LogP contribution in [0, 0.1) is 0 Å². The first-order valence-corrected chi connectivity index (χ1v) is 14.0. The number of hydrogen-bond donors (Lipinski definition) is 0. The molecule has 3 aromatic rings. The van der Waals surface area contributed by atoms with Gasteiger partial charge in [0.1, 0.15) is 0 Å². The predicted octanol–water partition coefficient (Wildman–Crippen LogP) is 4.42. The molecule has 1 aliphatic heterocycles. The number of esters is 2. The molecule has 0 bridgehead atoms. The molecule has 1 aromatic heterocycles. The van der Waals surface area contributed by atoms with Crippen LogP contribution in [-0.4, -0.2) is 29.7 Å². The largest absolute Gasteiger partial charge is 0.490 e. The van der Waals surface area contributed by atoms with Crippen molar-refractivity contribution < 1.29 is 23.8 Å². The Hall–Kier alpha value is -3.98. The average molecular weight is 563 g/mol. The summed E-state index contributed by atoms with van der Waals surface area (Å²) in [5, 5.41) is 0. The molecule has 0 spiro atoms. The molecule has 0 aliphatic carbocycles. The number of hydrogen-bond acceptors (Lipinski definition) is 8. The van der Waals surface area contributed by atoms with Gasteiger partial charge in [-0.1, -0.05) is 62.4 Å². The fraction of sp³-hybridized carbons (Fsp3) is 0.355. The first-order valence-electron chi connectivity index (χ1n) is 13.2. The maximum absolute atomic E-state index is 13.9. The van der Waals surface area contributed by atoms with Crippen LogP contribution >= 0.6 is 11.3 Å². The fourth-order valence-electron chi connectivity index (χ4n) is 4.54. The molecule has 0 fully saturated rings. The van der Waals surface area contributed by atoms with Crippen molar-refractivity contribution in [2.24, 2.45) is 4.99 Å². The molecule has 0 N–H and O–H groups in total. The third kappa shape index (κ3) is 5.94. The molecule has 2 heterocycles. The molecule has 0 radical (unpaired) electrons. The smallest absolute Gasteiger partial charge is 0.338 e. The first-order chi connectivity index (χ1) is 18.9. The zero-order valence-corrected chi connectivity index (χ0v) is 24.7. The lowest BCUT2D eigenvalue weighted by molar-refractivity contribution is -0.139. The molecule has 4 rings (SSSR count). The number of fused-ring (bicyclic) bond motifs is 1. The molecular weight excluding hydrogens is 528 g/mol. The van der Waals surface area contributed by atoms with Gasteiger partial charge in [-0.3, -0.25) is 14.2 Å². The lowest BCUT2D eigenvalue weighted by atomic mass is 9.87. The number of carbonyl (C=O) groups is 2. The number of ether oxygens (including phenoxy) is 3. The topological polar surface area (TPSA) is 96.2 Å². The number of benzene rings is 2. The third-order valence-electron chi connectivity index (χ3n) is 6.43. The van der Waals surface area contributed by atoms with E-state index in [0.29, 0.717) is 33.0 Å². The Bertz CT molecular complexity index is 1660. The monoisotopic (exact) mass is 562 g/mol. The maximum Gasteiger partial charge on any atom is 0.338 e. The Morgan fingerprint density at radius 1 is 1.05 bits per heavy atom. The van der Waals surface area contributed by atoms with E-state index in [2.05, 4.69) is 37.9 Å². The summed E-state index contributed by atoms with van der Waals surface area (Å²) in [6.45, 7) is 13.5. The van der Waals surface area contributed by atoms with E-state index >= 15 is 0 Å².